The van der Waals surface area contributed by atoms with Crippen LogP contribution in [0.25, 0.3) is 0 Å². The van der Waals surface area contributed by atoms with E-state index in [0.29, 0.717) is 41.4 Å². The van der Waals surface area contributed by atoms with E-state index in [1.165, 1.54) is 0 Å². The number of ketones is 1. The highest BCUT2D eigenvalue weighted by molar-refractivity contribution is 9.10. The number of rotatable bonds is 4. The first-order valence-corrected chi connectivity index (χ1v) is 12.1. The van der Waals surface area contributed by atoms with Gasteiger partial charge >= 0.3 is 5.97 Å². The van der Waals surface area contributed by atoms with E-state index in [9.17, 15) is 9.59 Å². The smallest absolute Gasteiger partial charge is 0.336 e. The summed E-state index contributed by atoms with van der Waals surface area (Å²) in [5.74, 6) is 0.274. The molecule has 1 N–H and O–H groups in total. The summed E-state index contributed by atoms with van der Waals surface area (Å²) in [6.45, 7) is 7.09. The Morgan fingerprint density at radius 2 is 2.00 bits per heavy atom. The first kappa shape index (κ1) is 22.5. The van der Waals surface area contributed by atoms with Gasteiger partial charge in [-0.25, -0.2) is 4.79 Å². The SMILES string of the molecule is CC1=C(C(=O)OCC2CCCO2)C(c2cc3c(cc2Br)OCO3)C2=C(CC(C)(C)CC2=O)N1. The van der Waals surface area contributed by atoms with E-state index in [-0.39, 0.29) is 30.7 Å². The number of ether oxygens (including phenoxy) is 4. The number of halogens is 1. The number of dihydropyridines is 1. The molecule has 4 aliphatic rings. The summed E-state index contributed by atoms with van der Waals surface area (Å²) < 4.78 is 23.2. The van der Waals surface area contributed by atoms with Gasteiger partial charge in [0, 0.05) is 40.4 Å². The molecule has 2 unspecified atom stereocenters. The van der Waals surface area contributed by atoms with Crippen LogP contribution >= 0.6 is 15.9 Å². The molecular weight excluding hydrogens is 490 g/mol. The molecule has 3 heterocycles. The second-order valence-electron chi connectivity index (χ2n) is 9.89. The van der Waals surface area contributed by atoms with Gasteiger partial charge in [-0.05, 0) is 49.3 Å². The molecule has 0 bridgehead atoms. The number of carbonyl (C=O) groups is 2. The van der Waals surface area contributed by atoms with E-state index in [4.69, 9.17) is 18.9 Å². The highest BCUT2D eigenvalue weighted by Gasteiger charge is 2.44. The fourth-order valence-electron chi connectivity index (χ4n) is 5.19. The minimum absolute atomic E-state index is 0.0419. The molecule has 0 amide bonds. The fraction of sp³-hybridized carbons (Fsp3) is 0.520. The quantitative estimate of drug-likeness (QED) is 0.588. The average Bonchev–Trinajstić information content (AvgIpc) is 3.41. The van der Waals surface area contributed by atoms with Gasteiger partial charge in [-0.3, -0.25) is 4.79 Å². The Kier molecular flexibility index (Phi) is 5.77. The number of hydrogen-bond acceptors (Lipinski definition) is 7. The highest BCUT2D eigenvalue weighted by atomic mass is 79.9. The molecule has 2 atom stereocenters. The zero-order chi connectivity index (χ0) is 23.3. The monoisotopic (exact) mass is 517 g/mol. The van der Waals surface area contributed by atoms with Crippen molar-refractivity contribution in [1.82, 2.24) is 5.32 Å². The van der Waals surface area contributed by atoms with Gasteiger partial charge in [0.25, 0.3) is 0 Å². The van der Waals surface area contributed by atoms with Crippen LogP contribution in [0.2, 0.25) is 0 Å². The van der Waals surface area contributed by atoms with E-state index < -0.39 is 11.9 Å². The maximum atomic E-state index is 13.5. The van der Waals surface area contributed by atoms with E-state index in [1.54, 1.807) is 0 Å². The highest BCUT2D eigenvalue weighted by Crippen LogP contribution is 2.50. The molecule has 0 saturated carbocycles. The van der Waals surface area contributed by atoms with Crippen molar-refractivity contribution < 1.29 is 28.5 Å². The third kappa shape index (κ3) is 4.19. The summed E-state index contributed by atoms with van der Waals surface area (Å²) in [6.07, 6.45) is 2.92. The van der Waals surface area contributed by atoms with Crippen LogP contribution in [0.1, 0.15) is 57.9 Å². The first-order valence-electron chi connectivity index (χ1n) is 11.4. The van der Waals surface area contributed by atoms with E-state index in [1.807, 2.05) is 19.1 Å². The van der Waals surface area contributed by atoms with Crippen molar-refractivity contribution in [2.75, 3.05) is 20.0 Å². The molecule has 1 aromatic rings. The third-order valence-corrected chi connectivity index (χ3v) is 7.37. The van der Waals surface area contributed by atoms with Gasteiger partial charge in [-0.15, -0.1) is 0 Å². The Hall–Kier alpha value is -2.32. The summed E-state index contributed by atoms with van der Waals surface area (Å²) in [5.41, 5.74) is 3.27. The molecule has 8 heteroatoms. The lowest BCUT2D eigenvalue weighted by Crippen LogP contribution is -2.39. The first-order chi connectivity index (χ1) is 15.7. The third-order valence-electron chi connectivity index (χ3n) is 6.69. The van der Waals surface area contributed by atoms with Crippen LogP contribution in [0.3, 0.4) is 0 Å². The second-order valence-corrected chi connectivity index (χ2v) is 10.7. The van der Waals surface area contributed by atoms with Gasteiger partial charge in [-0.1, -0.05) is 29.8 Å². The lowest BCUT2D eigenvalue weighted by molar-refractivity contribution is -0.142. The maximum absolute atomic E-state index is 13.5. The van der Waals surface area contributed by atoms with Crippen LogP contribution in [0.4, 0.5) is 0 Å². The lowest BCUT2D eigenvalue weighted by atomic mass is 9.68. The topological polar surface area (TPSA) is 83.1 Å². The molecule has 0 spiro atoms. The summed E-state index contributed by atoms with van der Waals surface area (Å²) in [5, 5.41) is 3.37. The van der Waals surface area contributed by atoms with E-state index >= 15 is 0 Å². The molecule has 0 aromatic heterocycles. The minimum atomic E-state index is -0.564. The number of nitrogens with one attached hydrogen (secondary N) is 1. The van der Waals surface area contributed by atoms with Crippen LogP contribution in [-0.4, -0.2) is 37.9 Å². The van der Waals surface area contributed by atoms with Gasteiger partial charge in [0.1, 0.15) is 6.61 Å². The Balaban J connectivity index is 1.57. The molecule has 33 heavy (non-hydrogen) atoms. The minimum Gasteiger partial charge on any atom is -0.459 e. The van der Waals surface area contributed by atoms with Gasteiger partial charge in [0.05, 0.1) is 11.7 Å². The second kappa shape index (κ2) is 8.47. The molecular formula is C25H28BrNO6. The number of Topliss-reactive ketones (excluding diaryl/α,β-unsaturated/α-hetero) is 1. The number of hydrogen-bond donors (Lipinski definition) is 1. The Bertz CT molecular complexity index is 1080. The van der Waals surface area contributed by atoms with Crippen molar-refractivity contribution in [3.05, 3.63) is 44.7 Å². The van der Waals surface area contributed by atoms with Crippen LogP contribution < -0.4 is 14.8 Å². The summed E-state index contributed by atoms with van der Waals surface area (Å²) in [7, 11) is 0. The van der Waals surface area contributed by atoms with Gasteiger partial charge in [0.15, 0.2) is 17.3 Å². The Morgan fingerprint density at radius 3 is 2.73 bits per heavy atom. The normalized spacial score (nSPS) is 25.8. The van der Waals surface area contributed by atoms with Crippen molar-refractivity contribution in [3.8, 4) is 11.5 Å². The number of fused-ring (bicyclic) bond motifs is 1. The summed E-state index contributed by atoms with van der Waals surface area (Å²) >= 11 is 3.65. The van der Waals surface area contributed by atoms with Crippen LogP contribution in [0.5, 0.6) is 11.5 Å². The number of esters is 1. The van der Waals surface area contributed by atoms with Crippen LogP contribution in [0.15, 0.2) is 39.1 Å². The van der Waals surface area contributed by atoms with Gasteiger partial charge in [-0.2, -0.15) is 0 Å². The van der Waals surface area contributed by atoms with Crippen LogP contribution in [-0.2, 0) is 19.1 Å². The zero-order valence-electron chi connectivity index (χ0n) is 19.1. The molecule has 176 valence electrons. The molecule has 1 saturated heterocycles. The summed E-state index contributed by atoms with van der Waals surface area (Å²) in [4.78, 5) is 26.9. The lowest BCUT2D eigenvalue weighted by Gasteiger charge is -2.39. The van der Waals surface area contributed by atoms with Crippen molar-refractivity contribution >= 4 is 27.7 Å². The fourth-order valence-corrected chi connectivity index (χ4v) is 5.75. The average molecular weight is 518 g/mol. The van der Waals surface area contributed by atoms with E-state index in [2.05, 4.69) is 35.1 Å². The van der Waals surface area contributed by atoms with Crippen molar-refractivity contribution in [3.63, 3.8) is 0 Å². The molecule has 7 nitrogen and oxygen atoms in total. The Labute approximate surface area is 201 Å². The molecule has 1 aromatic carbocycles. The molecule has 0 radical (unpaired) electrons. The van der Waals surface area contributed by atoms with Gasteiger partial charge < -0.3 is 24.3 Å². The van der Waals surface area contributed by atoms with Crippen molar-refractivity contribution in [1.29, 1.82) is 0 Å². The van der Waals surface area contributed by atoms with Crippen LogP contribution in [0, 0.1) is 5.41 Å². The maximum Gasteiger partial charge on any atom is 0.336 e. The number of carbonyl (C=O) groups excluding carboxylic acids is 2. The summed E-state index contributed by atoms with van der Waals surface area (Å²) in [6, 6.07) is 3.70. The molecule has 5 rings (SSSR count). The predicted molar refractivity (Wildman–Crippen MR) is 124 cm³/mol. The predicted octanol–water partition coefficient (Wildman–Crippen LogP) is 4.50. The zero-order valence-corrected chi connectivity index (χ0v) is 20.7. The van der Waals surface area contributed by atoms with Gasteiger partial charge in [0.2, 0.25) is 6.79 Å². The molecule has 1 aliphatic carbocycles. The number of allylic oxidation sites excluding steroid dienone is 3. The Morgan fingerprint density at radius 1 is 1.24 bits per heavy atom. The molecule has 3 aliphatic heterocycles. The van der Waals surface area contributed by atoms with E-state index in [0.717, 1.165) is 35.0 Å². The largest absolute Gasteiger partial charge is 0.459 e. The molecule has 1 fully saturated rings. The standard InChI is InChI=1S/C25H28BrNO6/c1-13-21(24(29)31-11-14-5-4-6-30-14)22(15-7-19-20(8-16(15)26)33-12-32-19)23-17(27-13)9-25(2,3)10-18(23)28/h7-8,14,22,27H,4-6,9-12H2,1-3H3. The van der Waals surface area contributed by atoms with Crippen molar-refractivity contribution in [2.24, 2.45) is 5.41 Å². The van der Waals surface area contributed by atoms with Crippen molar-refractivity contribution in [2.45, 2.75) is 58.5 Å². The number of benzene rings is 1.